The first-order valence-corrected chi connectivity index (χ1v) is 6.18. The zero-order valence-electron chi connectivity index (χ0n) is 10.7. The van der Waals surface area contributed by atoms with Crippen molar-refractivity contribution in [2.24, 2.45) is 0 Å². The molecule has 0 aliphatic carbocycles. The molecule has 1 aliphatic heterocycles. The van der Waals surface area contributed by atoms with Gasteiger partial charge in [-0.15, -0.1) is 0 Å². The Morgan fingerprint density at radius 2 is 2.39 bits per heavy atom. The number of pyridine rings is 1. The molecule has 1 saturated heterocycles. The van der Waals surface area contributed by atoms with Gasteiger partial charge in [-0.2, -0.15) is 0 Å². The number of ether oxygens (including phenoxy) is 1. The summed E-state index contributed by atoms with van der Waals surface area (Å²) in [6, 6.07) is 1.54. The van der Waals surface area contributed by atoms with Crippen LogP contribution in [0.3, 0.4) is 0 Å². The van der Waals surface area contributed by atoms with E-state index in [4.69, 9.17) is 4.74 Å². The number of aromatic hydroxyl groups is 1. The number of amides is 1. The summed E-state index contributed by atoms with van der Waals surface area (Å²) in [5.41, 5.74) is 0.419. The summed E-state index contributed by atoms with van der Waals surface area (Å²) in [4.78, 5) is 18.0. The van der Waals surface area contributed by atoms with E-state index in [1.54, 1.807) is 0 Å². The highest BCUT2D eigenvalue weighted by molar-refractivity contribution is 5.94. The molecule has 1 fully saturated rings. The van der Waals surface area contributed by atoms with Crippen molar-refractivity contribution in [2.45, 2.75) is 32.4 Å². The summed E-state index contributed by atoms with van der Waals surface area (Å²) < 4.78 is 5.56. The fraction of sp³-hybridized carbons (Fsp3) is 0.538. The van der Waals surface area contributed by atoms with Crippen molar-refractivity contribution in [1.29, 1.82) is 0 Å². The molecule has 0 aromatic carbocycles. The largest absolute Gasteiger partial charge is 0.506 e. The van der Waals surface area contributed by atoms with E-state index in [9.17, 15) is 9.90 Å². The Balaban J connectivity index is 2.20. The summed E-state index contributed by atoms with van der Waals surface area (Å²) in [7, 11) is 0. The maximum atomic E-state index is 12.4. The van der Waals surface area contributed by atoms with Crippen LogP contribution in [0.4, 0.5) is 0 Å². The highest BCUT2D eigenvalue weighted by atomic mass is 16.5. The fourth-order valence-corrected chi connectivity index (χ4v) is 2.14. The molecular formula is C13H18N2O3. The summed E-state index contributed by atoms with van der Waals surface area (Å²) in [6.07, 6.45) is 3.69. The standard InChI is InChI=1S/C13H18N2O3/c1-3-11-8-18-9(2)7-15(11)13(17)10-4-12(16)6-14-5-10/h4-6,9,11,16H,3,7-8H2,1-2H3. The Morgan fingerprint density at radius 3 is 3.06 bits per heavy atom. The minimum atomic E-state index is -0.0969. The monoisotopic (exact) mass is 250 g/mol. The Bertz CT molecular complexity index is 436. The van der Waals surface area contributed by atoms with Crippen LogP contribution in [0.15, 0.2) is 18.5 Å². The lowest BCUT2D eigenvalue weighted by Crippen LogP contribution is -2.51. The van der Waals surface area contributed by atoms with Gasteiger partial charge >= 0.3 is 0 Å². The second kappa shape index (κ2) is 5.35. The van der Waals surface area contributed by atoms with Crippen LogP contribution in [0.5, 0.6) is 5.75 Å². The molecule has 5 heteroatoms. The average Bonchev–Trinajstić information content (AvgIpc) is 2.38. The van der Waals surface area contributed by atoms with Crippen LogP contribution in [-0.4, -0.2) is 46.2 Å². The Morgan fingerprint density at radius 1 is 1.61 bits per heavy atom. The number of morpholine rings is 1. The molecule has 2 unspecified atom stereocenters. The van der Waals surface area contributed by atoms with Crippen LogP contribution >= 0.6 is 0 Å². The molecule has 0 saturated carbocycles. The smallest absolute Gasteiger partial charge is 0.255 e. The van der Waals surface area contributed by atoms with E-state index in [-0.39, 0.29) is 23.8 Å². The van der Waals surface area contributed by atoms with Gasteiger partial charge in [-0.25, -0.2) is 0 Å². The first-order valence-electron chi connectivity index (χ1n) is 6.18. The van der Waals surface area contributed by atoms with E-state index < -0.39 is 0 Å². The normalized spacial score (nSPS) is 24.0. The highest BCUT2D eigenvalue weighted by Gasteiger charge is 2.30. The van der Waals surface area contributed by atoms with E-state index in [1.807, 2.05) is 18.7 Å². The third-order valence-electron chi connectivity index (χ3n) is 3.17. The predicted molar refractivity (Wildman–Crippen MR) is 66.4 cm³/mol. The molecule has 18 heavy (non-hydrogen) atoms. The number of aromatic nitrogens is 1. The molecule has 0 bridgehead atoms. The van der Waals surface area contributed by atoms with Crippen LogP contribution in [0.2, 0.25) is 0 Å². The van der Waals surface area contributed by atoms with Gasteiger partial charge in [0, 0.05) is 12.7 Å². The van der Waals surface area contributed by atoms with Gasteiger partial charge in [0.05, 0.1) is 30.5 Å². The highest BCUT2D eigenvalue weighted by Crippen LogP contribution is 2.19. The van der Waals surface area contributed by atoms with Gasteiger partial charge in [-0.1, -0.05) is 6.92 Å². The minimum Gasteiger partial charge on any atom is -0.506 e. The third kappa shape index (κ3) is 2.61. The van der Waals surface area contributed by atoms with Crippen LogP contribution < -0.4 is 0 Å². The lowest BCUT2D eigenvalue weighted by atomic mass is 10.1. The quantitative estimate of drug-likeness (QED) is 0.862. The Hall–Kier alpha value is -1.62. The minimum absolute atomic E-state index is 0.00945. The molecule has 1 amide bonds. The van der Waals surface area contributed by atoms with E-state index in [1.165, 1.54) is 18.5 Å². The van der Waals surface area contributed by atoms with Crippen molar-refractivity contribution in [3.05, 3.63) is 24.0 Å². The predicted octanol–water partition coefficient (Wildman–Crippen LogP) is 1.43. The van der Waals surface area contributed by atoms with Gasteiger partial charge in [0.1, 0.15) is 5.75 Å². The molecule has 1 N–H and O–H groups in total. The van der Waals surface area contributed by atoms with Gasteiger partial charge in [-0.05, 0) is 19.4 Å². The van der Waals surface area contributed by atoms with E-state index in [2.05, 4.69) is 4.98 Å². The number of carbonyl (C=O) groups excluding carboxylic acids is 1. The molecule has 98 valence electrons. The van der Waals surface area contributed by atoms with Gasteiger partial charge in [0.2, 0.25) is 0 Å². The first kappa shape index (κ1) is 12.8. The summed E-state index contributed by atoms with van der Waals surface area (Å²) in [6.45, 7) is 5.13. The zero-order chi connectivity index (χ0) is 13.1. The SMILES string of the molecule is CCC1COC(C)CN1C(=O)c1cncc(O)c1. The summed E-state index contributed by atoms with van der Waals surface area (Å²) in [5, 5.41) is 9.38. The van der Waals surface area contributed by atoms with Crippen LogP contribution in [0.1, 0.15) is 30.6 Å². The second-order valence-corrected chi connectivity index (χ2v) is 4.60. The molecule has 2 heterocycles. The van der Waals surface area contributed by atoms with Crippen LogP contribution in [0.25, 0.3) is 0 Å². The van der Waals surface area contributed by atoms with Crippen LogP contribution in [-0.2, 0) is 4.74 Å². The Labute approximate surface area is 106 Å². The molecule has 0 spiro atoms. The van der Waals surface area contributed by atoms with Crippen molar-refractivity contribution in [1.82, 2.24) is 9.88 Å². The van der Waals surface area contributed by atoms with E-state index >= 15 is 0 Å². The molecule has 1 aliphatic rings. The number of carbonyl (C=O) groups is 1. The maximum absolute atomic E-state index is 12.4. The lowest BCUT2D eigenvalue weighted by Gasteiger charge is -2.38. The average molecular weight is 250 g/mol. The first-order chi connectivity index (χ1) is 8.61. The molecule has 1 aromatic rings. The second-order valence-electron chi connectivity index (χ2n) is 4.60. The third-order valence-corrected chi connectivity index (χ3v) is 3.17. The number of hydrogen-bond acceptors (Lipinski definition) is 4. The van der Waals surface area contributed by atoms with Gasteiger partial charge < -0.3 is 14.7 Å². The molecule has 2 atom stereocenters. The van der Waals surface area contributed by atoms with Crippen molar-refractivity contribution in [2.75, 3.05) is 13.2 Å². The molecule has 2 rings (SSSR count). The van der Waals surface area contributed by atoms with Crippen molar-refractivity contribution >= 4 is 5.91 Å². The van der Waals surface area contributed by atoms with Crippen molar-refractivity contribution in [3.63, 3.8) is 0 Å². The van der Waals surface area contributed by atoms with Crippen molar-refractivity contribution < 1.29 is 14.6 Å². The summed E-state index contributed by atoms with van der Waals surface area (Å²) in [5.74, 6) is -0.0874. The Kier molecular flexibility index (Phi) is 3.81. The number of nitrogens with zero attached hydrogens (tertiary/aromatic N) is 2. The number of hydrogen-bond donors (Lipinski definition) is 1. The lowest BCUT2D eigenvalue weighted by molar-refractivity contribution is -0.0444. The number of rotatable bonds is 2. The molecule has 5 nitrogen and oxygen atoms in total. The fourth-order valence-electron chi connectivity index (χ4n) is 2.14. The van der Waals surface area contributed by atoms with Gasteiger partial charge in [-0.3, -0.25) is 9.78 Å². The van der Waals surface area contributed by atoms with E-state index in [0.29, 0.717) is 18.7 Å². The topological polar surface area (TPSA) is 62.7 Å². The molecule has 0 radical (unpaired) electrons. The van der Waals surface area contributed by atoms with Crippen LogP contribution in [0, 0.1) is 0 Å². The van der Waals surface area contributed by atoms with Crippen molar-refractivity contribution in [3.8, 4) is 5.75 Å². The van der Waals surface area contributed by atoms with E-state index in [0.717, 1.165) is 6.42 Å². The molecule has 1 aromatic heterocycles. The molecular weight excluding hydrogens is 232 g/mol. The van der Waals surface area contributed by atoms with Gasteiger partial charge in [0.25, 0.3) is 5.91 Å². The summed E-state index contributed by atoms with van der Waals surface area (Å²) >= 11 is 0. The maximum Gasteiger partial charge on any atom is 0.255 e. The zero-order valence-corrected chi connectivity index (χ0v) is 10.7. The van der Waals surface area contributed by atoms with Gasteiger partial charge in [0.15, 0.2) is 0 Å².